The Balaban J connectivity index is 2.34. The number of halogens is 3. The van der Waals surface area contributed by atoms with Crippen LogP contribution in [0.2, 0.25) is 0 Å². The lowest BCUT2D eigenvalue weighted by molar-refractivity contribution is -0.137. The molecule has 2 N–H and O–H groups in total. The van der Waals surface area contributed by atoms with Gasteiger partial charge in [-0.1, -0.05) is 12.1 Å². The van der Waals surface area contributed by atoms with Gasteiger partial charge < -0.3 is 10.2 Å². The van der Waals surface area contributed by atoms with Crippen LogP contribution in [0.3, 0.4) is 0 Å². The Hall–Kier alpha value is -1.75. The molecule has 0 bridgehead atoms. The highest BCUT2D eigenvalue weighted by Crippen LogP contribution is 2.31. The van der Waals surface area contributed by atoms with Crippen molar-refractivity contribution >= 4 is 0 Å². The number of aryl methyl sites for hydroxylation is 1. The normalized spacial score (nSPS) is 11.8. The summed E-state index contributed by atoms with van der Waals surface area (Å²) in [6, 6.07) is 6.60. The molecule has 0 aliphatic rings. The van der Waals surface area contributed by atoms with Crippen molar-refractivity contribution in [1.82, 2.24) is 0 Å². The molecular weight excluding hydrogens is 243 g/mol. The summed E-state index contributed by atoms with van der Waals surface area (Å²) >= 11 is 0. The molecule has 1 aromatic carbocycles. The van der Waals surface area contributed by atoms with E-state index in [-0.39, 0.29) is 0 Å². The molecule has 96 valence electrons. The van der Waals surface area contributed by atoms with E-state index in [0.717, 1.165) is 17.7 Å². The third-order valence-electron chi connectivity index (χ3n) is 2.74. The predicted molar refractivity (Wildman–Crippen MR) is 61.8 cm³/mol. The molecule has 5 heteroatoms. The van der Waals surface area contributed by atoms with E-state index in [1.54, 1.807) is 13.0 Å². The van der Waals surface area contributed by atoms with Crippen molar-refractivity contribution in [1.29, 1.82) is 0 Å². The fourth-order valence-corrected chi connectivity index (χ4v) is 1.69. The molecule has 0 amide bonds. The van der Waals surface area contributed by atoms with Crippen LogP contribution in [-0.2, 0) is 12.7 Å². The van der Waals surface area contributed by atoms with Crippen molar-refractivity contribution in [2.24, 2.45) is 5.73 Å². The van der Waals surface area contributed by atoms with Crippen molar-refractivity contribution in [3.8, 4) is 11.3 Å². The first-order valence-electron chi connectivity index (χ1n) is 5.39. The molecule has 1 heterocycles. The zero-order chi connectivity index (χ0) is 13.3. The minimum atomic E-state index is -4.32. The summed E-state index contributed by atoms with van der Waals surface area (Å²) in [5.74, 6) is 1.22. The van der Waals surface area contributed by atoms with Gasteiger partial charge in [0, 0.05) is 17.7 Å². The van der Waals surface area contributed by atoms with E-state index in [0.29, 0.717) is 23.6 Å². The molecule has 0 aliphatic carbocycles. The van der Waals surface area contributed by atoms with E-state index in [4.69, 9.17) is 10.2 Å². The summed E-state index contributed by atoms with van der Waals surface area (Å²) in [6.07, 6.45) is -4.32. The standard InChI is InChI=1S/C13H12F3NO/c1-8-10(7-17)6-12(18-8)9-2-4-11(5-3-9)13(14,15)16/h2-6H,7,17H2,1H3. The third-order valence-corrected chi connectivity index (χ3v) is 2.74. The van der Waals surface area contributed by atoms with Gasteiger partial charge in [-0.15, -0.1) is 0 Å². The Morgan fingerprint density at radius 2 is 1.78 bits per heavy atom. The first-order valence-corrected chi connectivity index (χ1v) is 5.39. The molecule has 18 heavy (non-hydrogen) atoms. The second-order valence-corrected chi connectivity index (χ2v) is 3.97. The van der Waals surface area contributed by atoms with E-state index in [1.807, 2.05) is 0 Å². The highest BCUT2D eigenvalue weighted by Gasteiger charge is 2.30. The van der Waals surface area contributed by atoms with E-state index in [9.17, 15) is 13.2 Å². The summed E-state index contributed by atoms with van der Waals surface area (Å²) in [4.78, 5) is 0. The zero-order valence-electron chi connectivity index (χ0n) is 9.71. The molecule has 0 saturated heterocycles. The molecule has 0 atom stereocenters. The molecule has 2 aromatic rings. The summed E-state index contributed by atoms with van der Waals surface area (Å²) in [5.41, 5.74) is 6.30. The van der Waals surface area contributed by atoms with E-state index in [2.05, 4.69) is 0 Å². The second kappa shape index (κ2) is 4.49. The van der Waals surface area contributed by atoms with Crippen LogP contribution in [0, 0.1) is 6.92 Å². The molecule has 0 unspecified atom stereocenters. The molecule has 0 aliphatic heterocycles. The van der Waals surface area contributed by atoms with Gasteiger partial charge in [0.25, 0.3) is 0 Å². The lowest BCUT2D eigenvalue weighted by Crippen LogP contribution is -2.03. The SMILES string of the molecule is Cc1oc(-c2ccc(C(F)(F)F)cc2)cc1CN. The molecule has 2 rings (SSSR count). The minimum Gasteiger partial charge on any atom is -0.461 e. The van der Waals surface area contributed by atoms with Crippen LogP contribution >= 0.6 is 0 Å². The molecule has 2 nitrogen and oxygen atoms in total. The quantitative estimate of drug-likeness (QED) is 0.888. The van der Waals surface area contributed by atoms with Crippen molar-refractivity contribution < 1.29 is 17.6 Å². The van der Waals surface area contributed by atoms with Gasteiger partial charge in [0.15, 0.2) is 0 Å². The topological polar surface area (TPSA) is 39.2 Å². The van der Waals surface area contributed by atoms with Crippen molar-refractivity contribution in [3.05, 3.63) is 47.2 Å². The summed E-state index contributed by atoms with van der Waals surface area (Å²) in [5, 5.41) is 0. The van der Waals surface area contributed by atoms with Crippen LogP contribution in [0.4, 0.5) is 13.2 Å². The maximum atomic E-state index is 12.4. The monoisotopic (exact) mass is 255 g/mol. The van der Waals surface area contributed by atoms with Crippen LogP contribution < -0.4 is 5.73 Å². The third kappa shape index (κ3) is 2.41. The first-order chi connectivity index (χ1) is 8.41. The molecule has 0 fully saturated rings. The Kier molecular flexibility index (Phi) is 3.17. The van der Waals surface area contributed by atoms with Gasteiger partial charge in [-0.25, -0.2) is 0 Å². The summed E-state index contributed by atoms with van der Waals surface area (Å²) < 4.78 is 42.7. The van der Waals surface area contributed by atoms with Crippen LogP contribution in [0.1, 0.15) is 16.9 Å². The van der Waals surface area contributed by atoms with Crippen LogP contribution in [0.15, 0.2) is 34.7 Å². The highest BCUT2D eigenvalue weighted by atomic mass is 19.4. The Labute approximate surface area is 102 Å². The molecular formula is C13H12F3NO. The fraction of sp³-hybridized carbons (Fsp3) is 0.231. The predicted octanol–water partition coefficient (Wildman–Crippen LogP) is 3.73. The first kappa shape index (κ1) is 12.7. The fourth-order valence-electron chi connectivity index (χ4n) is 1.69. The van der Waals surface area contributed by atoms with Gasteiger partial charge in [0.05, 0.1) is 5.56 Å². The molecule has 0 radical (unpaired) electrons. The van der Waals surface area contributed by atoms with Gasteiger partial charge in [0.2, 0.25) is 0 Å². The van der Waals surface area contributed by atoms with E-state index >= 15 is 0 Å². The van der Waals surface area contributed by atoms with Crippen molar-refractivity contribution in [2.45, 2.75) is 19.6 Å². The number of furan rings is 1. The molecule has 0 spiro atoms. The largest absolute Gasteiger partial charge is 0.461 e. The molecule has 0 saturated carbocycles. The van der Waals surface area contributed by atoms with E-state index in [1.165, 1.54) is 12.1 Å². The summed E-state index contributed by atoms with van der Waals surface area (Å²) in [7, 11) is 0. The number of benzene rings is 1. The Morgan fingerprint density at radius 1 is 1.17 bits per heavy atom. The highest BCUT2D eigenvalue weighted by molar-refractivity contribution is 5.59. The summed E-state index contributed by atoms with van der Waals surface area (Å²) in [6.45, 7) is 2.12. The smallest absolute Gasteiger partial charge is 0.416 e. The van der Waals surface area contributed by atoms with Crippen molar-refractivity contribution in [2.75, 3.05) is 0 Å². The van der Waals surface area contributed by atoms with Crippen molar-refractivity contribution in [3.63, 3.8) is 0 Å². The second-order valence-electron chi connectivity index (χ2n) is 3.97. The zero-order valence-corrected chi connectivity index (χ0v) is 9.71. The number of hydrogen-bond acceptors (Lipinski definition) is 2. The van der Waals surface area contributed by atoms with Crippen LogP contribution in [0.25, 0.3) is 11.3 Å². The van der Waals surface area contributed by atoms with Gasteiger partial charge in [-0.05, 0) is 25.1 Å². The maximum absolute atomic E-state index is 12.4. The van der Waals surface area contributed by atoms with Gasteiger partial charge >= 0.3 is 6.18 Å². The average Bonchev–Trinajstić information content (AvgIpc) is 2.69. The molecule has 1 aromatic heterocycles. The van der Waals surface area contributed by atoms with E-state index < -0.39 is 11.7 Å². The van der Waals surface area contributed by atoms with Gasteiger partial charge in [0.1, 0.15) is 11.5 Å². The number of nitrogens with two attached hydrogens (primary N) is 1. The Morgan fingerprint density at radius 3 is 2.22 bits per heavy atom. The van der Waals surface area contributed by atoms with Crippen LogP contribution in [0.5, 0.6) is 0 Å². The lowest BCUT2D eigenvalue weighted by atomic mass is 10.1. The van der Waals surface area contributed by atoms with Gasteiger partial charge in [-0.2, -0.15) is 13.2 Å². The average molecular weight is 255 g/mol. The number of rotatable bonds is 2. The Bertz CT molecular complexity index is 540. The van der Waals surface area contributed by atoms with Gasteiger partial charge in [-0.3, -0.25) is 0 Å². The number of alkyl halides is 3. The minimum absolute atomic E-state index is 0.343. The lowest BCUT2D eigenvalue weighted by Gasteiger charge is -2.06. The maximum Gasteiger partial charge on any atom is 0.416 e. The van der Waals surface area contributed by atoms with Crippen LogP contribution in [-0.4, -0.2) is 0 Å². The number of hydrogen-bond donors (Lipinski definition) is 1.